The fourth-order valence-electron chi connectivity index (χ4n) is 2.57. The molecule has 0 heterocycles. The number of methoxy groups -OCH3 is 1. The van der Waals surface area contributed by atoms with Crippen LogP contribution in [-0.2, 0) is 6.54 Å². The molecule has 3 nitrogen and oxygen atoms in total. The summed E-state index contributed by atoms with van der Waals surface area (Å²) in [5.74, 6) is -0.00206. The van der Waals surface area contributed by atoms with E-state index in [9.17, 15) is 4.39 Å². The minimum Gasteiger partial charge on any atom is -0.494 e. The smallest absolute Gasteiger partial charge is 0.165 e. The lowest BCUT2D eigenvalue weighted by molar-refractivity contribution is 0.198. The van der Waals surface area contributed by atoms with Crippen LogP contribution in [0.4, 0.5) is 4.39 Å². The summed E-state index contributed by atoms with van der Waals surface area (Å²) in [6.45, 7) is 10.4. The summed E-state index contributed by atoms with van der Waals surface area (Å²) in [5.41, 5.74) is 1.16. The maximum atomic E-state index is 13.7. The van der Waals surface area contributed by atoms with Crippen molar-refractivity contribution >= 4 is 0 Å². The molecule has 0 saturated heterocycles. The Morgan fingerprint density at radius 3 is 2.62 bits per heavy atom. The Hall–Kier alpha value is -1.13. The van der Waals surface area contributed by atoms with Crippen LogP contribution in [0.25, 0.3) is 0 Å². The van der Waals surface area contributed by atoms with Gasteiger partial charge in [-0.2, -0.15) is 0 Å². The van der Waals surface area contributed by atoms with Gasteiger partial charge in [-0.15, -0.1) is 0 Å². The quantitative estimate of drug-likeness (QED) is 0.708. The molecule has 1 N–H and O–H groups in total. The van der Waals surface area contributed by atoms with E-state index in [0.29, 0.717) is 5.75 Å². The normalized spacial score (nSPS) is 12.0. The lowest BCUT2D eigenvalue weighted by Crippen LogP contribution is -2.39. The molecule has 0 unspecified atom stereocenters. The number of nitrogens with zero attached hydrogens (tertiary/aromatic N) is 1. The molecule has 0 atom stereocenters. The first kappa shape index (κ1) is 17.9. The predicted octanol–water partition coefficient (Wildman–Crippen LogP) is 3.29. The molecule has 0 aliphatic rings. The van der Waals surface area contributed by atoms with Gasteiger partial charge in [-0.1, -0.05) is 26.8 Å². The van der Waals surface area contributed by atoms with Crippen LogP contribution in [-0.4, -0.2) is 38.7 Å². The molecule has 0 aliphatic carbocycles. The van der Waals surface area contributed by atoms with Crippen molar-refractivity contribution in [2.24, 2.45) is 5.41 Å². The predicted molar refractivity (Wildman–Crippen MR) is 86.2 cm³/mol. The van der Waals surface area contributed by atoms with E-state index < -0.39 is 0 Å². The van der Waals surface area contributed by atoms with Gasteiger partial charge in [-0.3, -0.25) is 0 Å². The van der Waals surface area contributed by atoms with Gasteiger partial charge in [-0.25, -0.2) is 4.39 Å². The number of hydrogen-bond donors (Lipinski definition) is 1. The lowest BCUT2D eigenvalue weighted by atomic mass is 9.92. The summed E-state index contributed by atoms with van der Waals surface area (Å²) in [6, 6.07) is 5.16. The number of halogens is 1. The van der Waals surface area contributed by atoms with E-state index in [1.807, 2.05) is 6.07 Å². The monoisotopic (exact) mass is 296 g/mol. The summed E-state index contributed by atoms with van der Waals surface area (Å²) in [6.07, 6.45) is 1.15. The van der Waals surface area contributed by atoms with Gasteiger partial charge >= 0.3 is 0 Å². The van der Waals surface area contributed by atoms with Crippen molar-refractivity contribution in [3.05, 3.63) is 29.6 Å². The molecule has 21 heavy (non-hydrogen) atoms. The van der Waals surface area contributed by atoms with Gasteiger partial charge in [0.25, 0.3) is 0 Å². The van der Waals surface area contributed by atoms with Crippen LogP contribution in [0.5, 0.6) is 5.75 Å². The molecule has 0 aromatic heterocycles. The van der Waals surface area contributed by atoms with Crippen LogP contribution in [0.1, 0.15) is 32.8 Å². The second-order valence-corrected chi connectivity index (χ2v) is 6.48. The van der Waals surface area contributed by atoms with Gasteiger partial charge in [0, 0.05) is 19.6 Å². The number of hydrogen-bond acceptors (Lipinski definition) is 3. The van der Waals surface area contributed by atoms with Crippen LogP contribution in [0.2, 0.25) is 0 Å². The fourth-order valence-corrected chi connectivity index (χ4v) is 2.57. The second kappa shape index (κ2) is 8.35. The molecule has 0 bridgehead atoms. The highest BCUT2D eigenvalue weighted by Gasteiger charge is 2.19. The standard InChI is InChI=1S/C17H29FN2O/c1-6-9-19-12-17(2,3)13-20(4)11-14-7-8-16(21-5)15(18)10-14/h7-8,10,19H,6,9,11-13H2,1-5H3. The third-order valence-electron chi connectivity index (χ3n) is 3.40. The highest BCUT2D eigenvalue weighted by atomic mass is 19.1. The zero-order chi connectivity index (χ0) is 15.9. The SMILES string of the molecule is CCCNCC(C)(C)CN(C)Cc1ccc(OC)c(F)c1. The summed E-state index contributed by atoms with van der Waals surface area (Å²) < 4.78 is 18.6. The highest BCUT2D eigenvalue weighted by Crippen LogP contribution is 2.20. The van der Waals surface area contributed by atoms with Crippen molar-refractivity contribution < 1.29 is 9.13 Å². The Morgan fingerprint density at radius 1 is 1.33 bits per heavy atom. The van der Waals surface area contributed by atoms with Crippen LogP contribution in [0, 0.1) is 11.2 Å². The van der Waals surface area contributed by atoms with Crippen LogP contribution in [0.15, 0.2) is 18.2 Å². The van der Waals surface area contributed by atoms with E-state index in [4.69, 9.17) is 4.74 Å². The second-order valence-electron chi connectivity index (χ2n) is 6.48. The fraction of sp³-hybridized carbons (Fsp3) is 0.647. The first-order valence-electron chi connectivity index (χ1n) is 7.59. The van der Waals surface area contributed by atoms with Gasteiger partial charge in [0.15, 0.2) is 11.6 Å². The molecule has 0 aliphatic heterocycles. The molecular weight excluding hydrogens is 267 g/mol. The third kappa shape index (κ3) is 6.44. The molecule has 120 valence electrons. The highest BCUT2D eigenvalue weighted by molar-refractivity contribution is 5.29. The van der Waals surface area contributed by atoms with Crippen molar-refractivity contribution in [2.75, 3.05) is 33.8 Å². The first-order valence-corrected chi connectivity index (χ1v) is 7.59. The number of ether oxygens (including phenoxy) is 1. The third-order valence-corrected chi connectivity index (χ3v) is 3.40. The Labute approximate surface area is 128 Å². The van der Waals surface area contributed by atoms with E-state index in [1.165, 1.54) is 7.11 Å². The van der Waals surface area contributed by atoms with Crippen LogP contribution in [0.3, 0.4) is 0 Å². The molecule has 0 spiro atoms. The average Bonchev–Trinajstić information content (AvgIpc) is 2.38. The summed E-state index contributed by atoms with van der Waals surface area (Å²) in [7, 11) is 3.56. The summed E-state index contributed by atoms with van der Waals surface area (Å²) in [5, 5.41) is 3.47. The first-order chi connectivity index (χ1) is 9.88. The Morgan fingerprint density at radius 2 is 2.05 bits per heavy atom. The van der Waals surface area contributed by atoms with Gasteiger partial charge in [0.1, 0.15) is 0 Å². The summed E-state index contributed by atoms with van der Waals surface area (Å²) in [4.78, 5) is 2.23. The van der Waals surface area contributed by atoms with Gasteiger partial charge in [0.05, 0.1) is 7.11 Å². The molecule has 0 fully saturated rings. The molecule has 0 amide bonds. The average molecular weight is 296 g/mol. The molecular formula is C17H29FN2O. The van der Waals surface area contributed by atoms with Crippen molar-refractivity contribution in [3.63, 3.8) is 0 Å². The van der Waals surface area contributed by atoms with E-state index in [-0.39, 0.29) is 11.2 Å². The maximum absolute atomic E-state index is 13.7. The molecule has 1 aromatic rings. The van der Waals surface area contributed by atoms with Crippen molar-refractivity contribution in [1.82, 2.24) is 10.2 Å². The van der Waals surface area contributed by atoms with Gasteiger partial charge in [0.2, 0.25) is 0 Å². The van der Waals surface area contributed by atoms with Gasteiger partial charge < -0.3 is 15.0 Å². The van der Waals surface area contributed by atoms with Crippen molar-refractivity contribution in [1.29, 1.82) is 0 Å². The maximum Gasteiger partial charge on any atom is 0.165 e. The Bertz CT molecular complexity index is 435. The molecule has 4 heteroatoms. The zero-order valence-electron chi connectivity index (χ0n) is 14.0. The molecule has 1 aromatic carbocycles. The van der Waals surface area contributed by atoms with Gasteiger partial charge in [-0.05, 0) is 43.1 Å². The molecule has 0 radical (unpaired) electrons. The number of rotatable bonds is 9. The van der Waals surface area contributed by atoms with Crippen LogP contribution >= 0.6 is 0 Å². The largest absolute Gasteiger partial charge is 0.494 e. The molecule has 1 rings (SSSR count). The number of benzene rings is 1. The summed E-state index contributed by atoms with van der Waals surface area (Å²) >= 11 is 0. The van der Waals surface area contributed by atoms with E-state index in [1.54, 1.807) is 12.1 Å². The lowest BCUT2D eigenvalue weighted by Gasteiger charge is -2.30. The minimum absolute atomic E-state index is 0.189. The van der Waals surface area contributed by atoms with E-state index in [2.05, 4.69) is 38.0 Å². The topological polar surface area (TPSA) is 24.5 Å². The van der Waals surface area contributed by atoms with Crippen LogP contribution < -0.4 is 10.1 Å². The Balaban J connectivity index is 2.52. The van der Waals surface area contributed by atoms with E-state index >= 15 is 0 Å². The molecule has 0 saturated carbocycles. The Kier molecular flexibility index (Phi) is 7.12. The van der Waals surface area contributed by atoms with E-state index in [0.717, 1.165) is 38.2 Å². The van der Waals surface area contributed by atoms with Crippen molar-refractivity contribution in [3.8, 4) is 5.75 Å². The number of nitrogens with one attached hydrogen (secondary N) is 1. The van der Waals surface area contributed by atoms with Crippen molar-refractivity contribution in [2.45, 2.75) is 33.7 Å². The minimum atomic E-state index is -0.299. The zero-order valence-corrected chi connectivity index (χ0v) is 14.0.